The van der Waals surface area contributed by atoms with Crippen molar-refractivity contribution in [1.29, 1.82) is 0 Å². The van der Waals surface area contributed by atoms with Crippen LogP contribution < -0.4 is 11.5 Å². The summed E-state index contributed by atoms with van der Waals surface area (Å²) in [6, 6.07) is -1.00. The lowest BCUT2D eigenvalue weighted by Gasteiger charge is -2.28. The Morgan fingerprint density at radius 1 is 1.57 bits per heavy atom. The highest BCUT2D eigenvalue weighted by Crippen LogP contribution is 2.35. The molecule has 1 rings (SSSR count). The Kier molecular flexibility index (Phi) is 5.97. The van der Waals surface area contributed by atoms with Crippen LogP contribution in [0.1, 0.15) is 6.92 Å². The minimum absolute atomic E-state index is 0.320. The quantitative estimate of drug-likeness (QED) is 0.411. The number of carbonyl (C=O) groups excluding carboxylic acids is 1. The van der Waals surface area contributed by atoms with Crippen molar-refractivity contribution in [1.82, 2.24) is 4.90 Å². The Hall–Kier alpha value is -1.35. The molecule has 21 heavy (non-hydrogen) atoms. The lowest BCUT2D eigenvalue weighted by atomic mass is 9.99. The van der Waals surface area contributed by atoms with Crippen molar-refractivity contribution in [3.05, 3.63) is 24.0 Å². The highest BCUT2D eigenvalue weighted by Gasteiger charge is 2.56. The second-order valence-corrected chi connectivity index (χ2v) is 4.87. The summed E-state index contributed by atoms with van der Waals surface area (Å²) in [5.74, 6) is -0.352. The van der Waals surface area contributed by atoms with Gasteiger partial charge in [-0.2, -0.15) is 0 Å². The largest absolute Gasteiger partial charge is 0.399 e. The number of amides is 2. The Bertz CT molecular complexity index is 442. The van der Waals surface area contributed by atoms with Crippen LogP contribution in [0.25, 0.3) is 0 Å². The number of primary amides is 1. The molecule has 1 heterocycles. The third kappa shape index (κ3) is 3.46. The third-order valence-corrected chi connectivity index (χ3v) is 3.70. The van der Waals surface area contributed by atoms with E-state index in [1.807, 2.05) is 0 Å². The molecule has 0 aliphatic carbocycles. The molecule has 120 valence electrons. The predicted octanol–water partition coefficient (Wildman–Crippen LogP) is -0.231. The first-order chi connectivity index (χ1) is 9.82. The molecule has 0 aromatic rings. The van der Waals surface area contributed by atoms with Gasteiger partial charge in [-0.1, -0.05) is 6.08 Å². The van der Waals surface area contributed by atoms with Crippen LogP contribution in [0.2, 0.25) is 0 Å². The average Bonchev–Trinajstić information content (AvgIpc) is 2.72. The van der Waals surface area contributed by atoms with Crippen molar-refractivity contribution in [3.8, 4) is 0 Å². The smallest absolute Gasteiger partial charge is 0.321 e. The van der Waals surface area contributed by atoms with Crippen LogP contribution in [0.3, 0.4) is 0 Å². The van der Waals surface area contributed by atoms with Crippen molar-refractivity contribution in [2.45, 2.75) is 31.0 Å². The van der Waals surface area contributed by atoms with Gasteiger partial charge in [0.15, 0.2) is 12.4 Å². The topological polar surface area (TPSA) is 122 Å². The van der Waals surface area contributed by atoms with Crippen LogP contribution in [0, 0.1) is 0 Å². The highest BCUT2D eigenvalue weighted by atomic mass is 35.5. The van der Waals surface area contributed by atoms with Crippen molar-refractivity contribution >= 4 is 17.6 Å². The molecule has 1 saturated heterocycles. The summed E-state index contributed by atoms with van der Waals surface area (Å²) in [6.07, 6.45) is -1.16. The van der Waals surface area contributed by atoms with Crippen LogP contribution in [0.4, 0.5) is 9.18 Å². The third-order valence-electron chi connectivity index (χ3n) is 3.25. The number of rotatable bonds is 5. The molecule has 2 amide bonds. The summed E-state index contributed by atoms with van der Waals surface area (Å²) in [5, 5.41) is 19.1. The predicted molar refractivity (Wildman–Crippen MR) is 74.8 cm³/mol. The first-order valence-corrected chi connectivity index (χ1v) is 6.71. The first kappa shape index (κ1) is 17.7. The first-order valence-electron chi connectivity index (χ1n) is 6.17. The zero-order chi connectivity index (χ0) is 16.2. The molecule has 0 aromatic carbocycles. The lowest BCUT2D eigenvalue weighted by molar-refractivity contribution is -0.118. The molecule has 7 nitrogen and oxygen atoms in total. The van der Waals surface area contributed by atoms with Gasteiger partial charge in [-0.05, 0) is 13.0 Å². The van der Waals surface area contributed by atoms with E-state index in [-0.39, 0.29) is 5.88 Å². The standard InChI is InChI=1S/C12H19ClFN3O4/c1-2-7(15)3-4-17(11(16)20)10-8(14)9(19)12(5-13,6-18)21-10/h2-4,8-10,18-19H,5-6,15H2,1H3,(H2,16,20)/b4-3-,7-2+/t8-,9+,10-,12-/m1/s1. The maximum atomic E-state index is 14.2. The number of hydrogen-bond acceptors (Lipinski definition) is 5. The Balaban J connectivity index is 3.05. The molecule has 1 aliphatic heterocycles. The van der Waals surface area contributed by atoms with Crippen LogP contribution >= 0.6 is 11.6 Å². The van der Waals surface area contributed by atoms with Gasteiger partial charge in [0.1, 0.15) is 11.7 Å². The summed E-state index contributed by atoms with van der Waals surface area (Å²) < 4.78 is 19.5. The fourth-order valence-electron chi connectivity index (χ4n) is 1.86. The summed E-state index contributed by atoms with van der Waals surface area (Å²) in [6.45, 7) is 0.967. The Labute approximate surface area is 126 Å². The van der Waals surface area contributed by atoms with Crippen LogP contribution in [0.5, 0.6) is 0 Å². The lowest BCUT2D eigenvalue weighted by Crippen LogP contribution is -2.47. The van der Waals surface area contributed by atoms with E-state index in [1.54, 1.807) is 13.0 Å². The molecule has 1 aliphatic rings. The summed E-state index contributed by atoms with van der Waals surface area (Å²) in [5.41, 5.74) is 9.34. The molecule has 0 bridgehead atoms. The van der Waals surface area contributed by atoms with E-state index in [0.717, 1.165) is 11.1 Å². The van der Waals surface area contributed by atoms with Crippen LogP contribution in [0.15, 0.2) is 24.0 Å². The molecular formula is C12H19ClFN3O4. The molecular weight excluding hydrogens is 305 g/mol. The molecule has 0 radical (unpaired) electrons. The van der Waals surface area contributed by atoms with Gasteiger partial charge in [0.25, 0.3) is 0 Å². The van der Waals surface area contributed by atoms with Crippen molar-refractivity contribution in [2.75, 3.05) is 12.5 Å². The van der Waals surface area contributed by atoms with E-state index < -0.39 is 36.7 Å². The van der Waals surface area contributed by atoms with Gasteiger partial charge in [0.2, 0.25) is 0 Å². The second-order valence-electron chi connectivity index (χ2n) is 4.60. The van der Waals surface area contributed by atoms with E-state index in [9.17, 15) is 19.4 Å². The number of aliphatic hydroxyl groups is 2. The zero-order valence-electron chi connectivity index (χ0n) is 11.4. The number of allylic oxidation sites excluding steroid dienone is 2. The van der Waals surface area contributed by atoms with Gasteiger partial charge in [0, 0.05) is 11.9 Å². The van der Waals surface area contributed by atoms with E-state index >= 15 is 0 Å². The van der Waals surface area contributed by atoms with Gasteiger partial charge >= 0.3 is 6.03 Å². The van der Waals surface area contributed by atoms with E-state index in [0.29, 0.717) is 5.70 Å². The SMILES string of the molecule is C/C=C(N)\C=C/N(C(N)=O)[C@@H]1O[C@@](CO)(CCl)[C@@H](O)[C@H]1F. The number of carbonyl (C=O) groups is 1. The van der Waals surface area contributed by atoms with Gasteiger partial charge in [-0.25, -0.2) is 9.18 Å². The molecule has 9 heteroatoms. The molecule has 4 atom stereocenters. The summed E-state index contributed by atoms with van der Waals surface area (Å²) in [4.78, 5) is 12.2. The maximum absolute atomic E-state index is 14.2. The van der Waals surface area contributed by atoms with E-state index in [4.69, 9.17) is 27.8 Å². The summed E-state index contributed by atoms with van der Waals surface area (Å²) in [7, 11) is 0. The van der Waals surface area contributed by atoms with E-state index in [1.165, 1.54) is 6.08 Å². The van der Waals surface area contributed by atoms with Crippen LogP contribution in [-0.2, 0) is 4.74 Å². The summed E-state index contributed by atoms with van der Waals surface area (Å²) >= 11 is 5.63. The number of ether oxygens (including phenoxy) is 1. The van der Waals surface area contributed by atoms with Gasteiger partial charge in [-0.3, -0.25) is 4.90 Å². The van der Waals surface area contributed by atoms with Crippen LogP contribution in [-0.4, -0.2) is 57.7 Å². The highest BCUT2D eigenvalue weighted by molar-refractivity contribution is 6.18. The fourth-order valence-corrected chi connectivity index (χ4v) is 2.17. The normalized spacial score (nSPS) is 33.6. The second kappa shape index (κ2) is 7.08. The molecule has 0 saturated carbocycles. The van der Waals surface area contributed by atoms with Gasteiger partial charge in [-0.15, -0.1) is 11.6 Å². The number of alkyl halides is 2. The molecule has 0 spiro atoms. The van der Waals surface area contributed by atoms with Gasteiger partial charge < -0.3 is 26.4 Å². The molecule has 1 fully saturated rings. The fraction of sp³-hybridized carbons (Fsp3) is 0.583. The number of nitrogens with two attached hydrogens (primary N) is 2. The number of nitrogens with zero attached hydrogens (tertiary/aromatic N) is 1. The van der Waals surface area contributed by atoms with Crippen molar-refractivity contribution < 1.29 is 24.1 Å². The Morgan fingerprint density at radius 2 is 2.19 bits per heavy atom. The zero-order valence-corrected chi connectivity index (χ0v) is 12.2. The minimum atomic E-state index is -1.99. The Morgan fingerprint density at radius 3 is 2.57 bits per heavy atom. The average molecular weight is 324 g/mol. The number of halogens is 2. The number of aliphatic hydroxyl groups excluding tert-OH is 2. The van der Waals surface area contributed by atoms with Gasteiger partial charge in [0.05, 0.1) is 12.5 Å². The van der Waals surface area contributed by atoms with E-state index in [2.05, 4.69) is 0 Å². The van der Waals surface area contributed by atoms with Crippen molar-refractivity contribution in [3.63, 3.8) is 0 Å². The number of urea groups is 1. The minimum Gasteiger partial charge on any atom is -0.399 e. The molecule has 0 unspecified atom stereocenters. The molecule has 0 aromatic heterocycles. The number of hydrogen-bond donors (Lipinski definition) is 4. The molecule has 6 N–H and O–H groups in total. The van der Waals surface area contributed by atoms with Crippen molar-refractivity contribution in [2.24, 2.45) is 11.5 Å². The maximum Gasteiger partial charge on any atom is 0.321 e. The monoisotopic (exact) mass is 323 g/mol.